The summed E-state index contributed by atoms with van der Waals surface area (Å²) in [6, 6.07) is 1.37. The lowest BCUT2D eigenvalue weighted by Gasteiger charge is -2.35. The van der Waals surface area contributed by atoms with Gasteiger partial charge in [0.1, 0.15) is 5.75 Å². The largest absolute Gasteiger partial charge is 0.506 e. The molecule has 2 aliphatic rings. The first-order valence-electron chi connectivity index (χ1n) is 10.4. The number of piperidine rings is 1. The zero-order chi connectivity index (χ0) is 22.2. The molecule has 1 atom stereocenters. The highest BCUT2D eigenvalue weighted by Gasteiger charge is 2.42. The van der Waals surface area contributed by atoms with Crippen molar-refractivity contribution in [3.63, 3.8) is 0 Å². The summed E-state index contributed by atoms with van der Waals surface area (Å²) in [4.78, 5) is 17.9. The molecule has 1 aliphatic heterocycles. The first-order valence-corrected chi connectivity index (χ1v) is 10.4. The second kappa shape index (κ2) is 8.49. The number of hydrogen-bond donors (Lipinski definition) is 1. The van der Waals surface area contributed by atoms with Crippen LogP contribution >= 0.6 is 0 Å². The number of esters is 1. The quantitative estimate of drug-likeness (QED) is 0.738. The van der Waals surface area contributed by atoms with Gasteiger partial charge in [-0.25, -0.2) is 4.68 Å². The molecule has 0 aromatic carbocycles. The van der Waals surface area contributed by atoms with Crippen LogP contribution in [0.4, 0.5) is 13.2 Å². The van der Waals surface area contributed by atoms with Crippen molar-refractivity contribution in [2.24, 2.45) is 5.92 Å². The average molecular weight is 438 g/mol. The number of carbonyl (C=O) groups is 1. The summed E-state index contributed by atoms with van der Waals surface area (Å²) in [7, 11) is 1.38. The number of nitrogens with zero attached hydrogens (tertiary/aromatic N) is 4. The fourth-order valence-corrected chi connectivity index (χ4v) is 4.75. The Kier molecular flexibility index (Phi) is 5.92. The highest BCUT2D eigenvalue weighted by Crippen LogP contribution is 2.41. The Balaban J connectivity index is 1.64. The van der Waals surface area contributed by atoms with Crippen LogP contribution in [0.5, 0.6) is 5.75 Å². The summed E-state index contributed by atoms with van der Waals surface area (Å²) < 4.78 is 47.3. The molecule has 0 bridgehead atoms. The predicted octanol–water partition coefficient (Wildman–Crippen LogP) is 3.30. The van der Waals surface area contributed by atoms with Crippen LogP contribution < -0.4 is 0 Å². The third-order valence-electron chi connectivity index (χ3n) is 6.21. The molecule has 7 nitrogen and oxygen atoms in total. The number of alkyl halides is 3. The van der Waals surface area contributed by atoms with Crippen molar-refractivity contribution in [3.8, 4) is 11.4 Å². The second-order valence-electron chi connectivity index (χ2n) is 8.21. The zero-order valence-corrected chi connectivity index (χ0v) is 17.2. The standard InChI is InChI=1S/C21H25F3N4O3/c1-31-20(30)13-5-7-27(8-6-13)12-14-3-2-4-17-18(14)28(26-19(17)21(22,23)24)15-9-16(29)11-25-10-15/h9-11,13-14,29H,2-8,12H2,1H3. The molecule has 3 heterocycles. The number of methoxy groups -OCH3 is 1. The highest BCUT2D eigenvalue weighted by molar-refractivity contribution is 5.72. The van der Waals surface area contributed by atoms with Crippen molar-refractivity contribution in [2.75, 3.05) is 26.7 Å². The predicted molar refractivity (Wildman–Crippen MR) is 105 cm³/mol. The maximum absolute atomic E-state index is 13.7. The van der Waals surface area contributed by atoms with Crippen molar-refractivity contribution in [1.29, 1.82) is 0 Å². The molecular formula is C21H25F3N4O3. The van der Waals surface area contributed by atoms with Crippen LogP contribution in [0.15, 0.2) is 18.5 Å². The molecule has 2 aromatic rings. The lowest BCUT2D eigenvalue weighted by Crippen LogP contribution is -2.39. The summed E-state index contributed by atoms with van der Waals surface area (Å²) in [6.07, 6.45) is 1.15. The lowest BCUT2D eigenvalue weighted by atomic mass is 9.85. The third kappa shape index (κ3) is 4.39. The zero-order valence-electron chi connectivity index (χ0n) is 17.2. The molecule has 31 heavy (non-hydrogen) atoms. The van der Waals surface area contributed by atoms with Gasteiger partial charge in [-0.1, -0.05) is 0 Å². The Bertz CT molecular complexity index is 952. The van der Waals surface area contributed by atoms with Gasteiger partial charge in [-0.3, -0.25) is 9.78 Å². The average Bonchev–Trinajstić information content (AvgIpc) is 3.15. The first kappa shape index (κ1) is 21.6. The van der Waals surface area contributed by atoms with Gasteiger partial charge in [0, 0.05) is 24.1 Å². The molecule has 4 rings (SSSR count). The molecule has 1 saturated heterocycles. The summed E-state index contributed by atoms with van der Waals surface area (Å²) in [5.74, 6) is -0.593. The van der Waals surface area contributed by atoms with Crippen LogP contribution in [0, 0.1) is 5.92 Å². The molecule has 10 heteroatoms. The lowest BCUT2D eigenvalue weighted by molar-refractivity contribution is -0.147. The van der Waals surface area contributed by atoms with Crippen LogP contribution in [-0.2, 0) is 22.1 Å². The number of carbonyl (C=O) groups excluding carboxylic acids is 1. The van der Waals surface area contributed by atoms with Gasteiger partial charge < -0.3 is 14.7 Å². The van der Waals surface area contributed by atoms with Crippen molar-refractivity contribution in [2.45, 2.75) is 44.2 Å². The Morgan fingerprint density at radius 3 is 2.65 bits per heavy atom. The van der Waals surface area contributed by atoms with E-state index in [1.54, 1.807) is 0 Å². The van der Waals surface area contributed by atoms with E-state index in [1.807, 2.05) is 0 Å². The van der Waals surface area contributed by atoms with E-state index in [-0.39, 0.29) is 29.1 Å². The minimum Gasteiger partial charge on any atom is -0.506 e. The molecule has 1 unspecified atom stereocenters. The van der Waals surface area contributed by atoms with Gasteiger partial charge in [0.05, 0.1) is 36.8 Å². The third-order valence-corrected chi connectivity index (χ3v) is 6.21. The van der Waals surface area contributed by atoms with Gasteiger partial charge in [0.2, 0.25) is 0 Å². The number of ether oxygens (including phenoxy) is 1. The van der Waals surface area contributed by atoms with Crippen molar-refractivity contribution >= 4 is 5.97 Å². The summed E-state index contributed by atoms with van der Waals surface area (Å²) in [5, 5.41) is 13.7. The number of likely N-dealkylation sites (tertiary alicyclic amines) is 1. The maximum atomic E-state index is 13.7. The van der Waals surface area contributed by atoms with Crippen LogP contribution in [0.3, 0.4) is 0 Å². The number of aromatic hydroxyl groups is 1. The molecule has 1 aliphatic carbocycles. The summed E-state index contributed by atoms with van der Waals surface area (Å²) >= 11 is 0. The minimum absolute atomic E-state index is 0.121. The van der Waals surface area contributed by atoms with Crippen molar-refractivity contribution in [3.05, 3.63) is 35.4 Å². The summed E-state index contributed by atoms with van der Waals surface area (Å²) in [6.45, 7) is 1.98. The topological polar surface area (TPSA) is 80.5 Å². The number of halogens is 3. The summed E-state index contributed by atoms with van der Waals surface area (Å²) in [5.41, 5.74) is 0.223. The van der Waals surface area contributed by atoms with Crippen molar-refractivity contribution in [1.82, 2.24) is 19.7 Å². The molecule has 2 aromatic heterocycles. The van der Waals surface area contributed by atoms with E-state index in [0.717, 1.165) is 6.42 Å². The van der Waals surface area contributed by atoms with E-state index in [4.69, 9.17) is 4.74 Å². The molecule has 1 N–H and O–H groups in total. The van der Waals surface area contributed by atoms with E-state index in [0.29, 0.717) is 56.7 Å². The van der Waals surface area contributed by atoms with E-state index >= 15 is 0 Å². The van der Waals surface area contributed by atoms with E-state index in [2.05, 4.69) is 15.0 Å². The Hall–Kier alpha value is -2.62. The smallest absolute Gasteiger partial charge is 0.435 e. The van der Waals surface area contributed by atoms with Crippen LogP contribution in [0.1, 0.15) is 48.6 Å². The molecule has 0 radical (unpaired) electrons. The van der Waals surface area contributed by atoms with E-state index < -0.39 is 11.9 Å². The van der Waals surface area contributed by atoms with Gasteiger partial charge in [0.15, 0.2) is 5.69 Å². The fraction of sp³-hybridized carbons (Fsp3) is 0.571. The molecule has 168 valence electrons. The number of aromatic nitrogens is 3. The Morgan fingerprint density at radius 1 is 1.26 bits per heavy atom. The molecule has 1 fully saturated rings. The van der Waals surface area contributed by atoms with Crippen LogP contribution in [-0.4, -0.2) is 57.5 Å². The van der Waals surface area contributed by atoms with Gasteiger partial charge in [-0.2, -0.15) is 18.3 Å². The molecule has 0 saturated carbocycles. The van der Waals surface area contributed by atoms with Crippen molar-refractivity contribution < 1.29 is 27.8 Å². The Morgan fingerprint density at radius 2 is 2.00 bits per heavy atom. The number of rotatable bonds is 4. The minimum atomic E-state index is -4.56. The maximum Gasteiger partial charge on any atom is 0.435 e. The highest BCUT2D eigenvalue weighted by atomic mass is 19.4. The normalized spacial score (nSPS) is 20.5. The van der Waals surface area contributed by atoms with E-state index in [9.17, 15) is 23.1 Å². The number of hydrogen-bond acceptors (Lipinski definition) is 6. The monoisotopic (exact) mass is 438 g/mol. The first-order chi connectivity index (χ1) is 14.8. The van der Waals surface area contributed by atoms with E-state index in [1.165, 1.54) is 30.3 Å². The Labute approximate surface area is 177 Å². The second-order valence-corrected chi connectivity index (χ2v) is 8.21. The number of pyridine rings is 1. The number of fused-ring (bicyclic) bond motifs is 1. The van der Waals surface area contributed by atoms with Gasteiger partial charge in [-0.05, 0) is 45.2 Å². The van der Waals surface area contributed by atoms with Crippen LogP contribution in [0.2, 0.25) is 0 Å². The molecular weight excluding hydrogens is 413 g/mol. The molecule has 0 spiro atoms. The fourth-order valence-electron chi connectivity index (χ4n) is 4.75. The SMILES string of the molecule is COC(=O)C1CCN(CC2CCCc3c(C(F)(F)F)nn(-c4cncc(O)c4)c32)CC1. The molecule has 0 amide bonds. The van der Waals surface area contributed by atoms with Crippen LogP contribution in [0.25, 0.3) is 5.69 Å². The van der Waals surface area contributed by atoms with Gasteiger partial charge in [0.25, 0.3) is 0 Å². The van der Waals surface area contributed by atoms with Gasteiger partial charge in [-0.15, -0.1) is 0 Å². The van der Waals surface area contributed by atoms with Gasteiger partial charge >= 0.3 is 12.1 Å².